The van der Waals surface area contributed by atoms with E-state index in [1.807, 2.05) is 6.07 Å². The minimum absolute atomic E-state index is 0.0627. The van der Waals surface area contributed by atoms with Gasteiger partial charge in [0.05, 0.1) is 16.8 Å². The Morgan fingerprint density at radius 3 is 2.94 bits per heavy atom. The first kappa shape index (κ1) is 11.9. The van der Waals surface area contributed by atoms with Crippen LogP contribution in [0, 0.1) is 0 Å². The highest BCUT2D eigenvalue weighted by Gasteiger charge is 2.26. The van der Waals surface area contributed by atoms with Crippen molar-refractivity contribution in [1.82, 2.24) is 9.78 Å². The van der Waals surface area contributed by atoms with Crippen LogP contribution in [0.15, 0.2) is 24.3 Å². The Morgan fingerprint density at radius 1 is 1.39 bits per heavy atom. The van der Waals surface area contributed by atoms with Gasteiger partial charge in [0.15, 0.2) is 0 Å². The summed E-state index contributed by atoms with van der Waals surface area (Å²) in [5.41, 5.74) is 2.65. The smallest absolute Gasteiger partial charge is 0.137 e. The fraction of sp³-hybridized carbons (Fsp3) is 0.308. The third-order valence-corrected chi connectivity index (χ3v) is 4.00. The third-order valence-electron chi connectivity index (χ3n) is 3.20. The van der Waals surface area contributed by atoms with Crippen LogP contribution in [0.1, 0.15) is 29.5 Å². The fourth-order valence-corrected chi connectivity index (χ4v) is 3.15. The van der Waals surface area contributed by atoms with Crippen molar-refractivity contribution in [1.29, 1.82) is 0 Å². The molecule has 0 fully saturated rings. The SMILES string of the molecule is Oc1cccc(-n2nc3c(c2Cl)C(Cl)CCC3)c1. The average molecular weight is 283 g/mol. The van der Waals surface area contributed by atoms with Crippen LogP contribution in [0.5, 0.6) is 5.75 Å². The number of hydrogen-bond donors (Lipinski definition) is 1. The molecule has 0 radical (unpaired) electrons. The van der Waals surface area contributed by atoms with Crippen LogP contribution in [-0.2, 0) is 6.42 Å². The number of alkyl halides is 1. The molecular formula is C13H12Cl2N2O. The van der Waals surface area contributed by atoms with Crippen molar-refractivity contribution >= 4 is 23.2 Å². The van der Waals surface area contributed by atoms with Crippen LogP contribution in [0.2, 0.25) is 5.15 Å². The Morgan fingerprint density at radius 2 is 2.22 bits per heavy atom. The molecule has 1 unspecified atom stereocenters. The molecule has 0 saturated carbocycles. The number of phenols is 1. The molecule has 0 bridgehead atoms. The summed E-state index contributed by atoms with van der Waals surface area (Å²) in [6.07, 6.45) is 2.87. The average Bonchev–Trinajstić information content (AvgIpc) is 2.68. The van der Waals surface area contributed by atoms with Gasteiger partial charge in [0.25, 0.3) is 0 Å². The highest BCUT2D eigenvalue weighted by atomic mass is 35.5. The van der Waals surface area contributed by atoms with Crippen LogP contribution in [0.3, 0.4) is 0 Å². The lowest BCUT2D eigenvalue weighted by atomic mass is 9.98. The zero-order valence-corrected chi connectivity index (χ0v) is 11.1. The van der Waals surface area contributed by atoms with E-state index in [1.54, 1.807) is 22.9 Å². The molecule has 2 aromatic rings. The maximum absolute atomic E-state index is 9.51. The minimum atomic E-state index is -0.0627. The van der Waals surface area contributed by atoms with Gasteiger partial charge in [-0.05, 0) is 31.4 Å². The number of aryl methyl sites for hydroxylation is 1. The van der Waals surface area contributed by atoms with Crippen molar-refractivity contribution in [3.63, 3.8) is 0 Å². The van der Waals surface area contributed by atoms with E-state index in [1.165, 1.54) is 0 Å². The summed E-state index contributed by atoms with van der Waals surface area (Å²) in [5.74, 6) is 0.194. The topological polar surface area (TPSA) is 38.0 Å². The summed E-state index contributed by atoms with van der Waals surface area (Å²) >= 11 is 12.7. The molecule has 0 spiro atoms. The summed E-state index contributed by atoms with van der Waals surface area (Å²) in [5, 5.41) is 14.5. The Balaban J connectivity index is 2.14. The first-order valence-electron chi connectivity index (χ1n) is 5.87. The predicted octanol–water partition coefficient (Wildman–Crippen LogP) is 3.85. The van der Waals surface area contributed by atoms with Gasteiger partial charge < -0.3 is 5.11 Å². The second-order valence-electron chi connectivity index (χ2n) is 4.44. The first-order valence-corrected chi connectivity index (χ1v) is 6.69. The Bertz CT molecular complexity index is 595. The van der Waals surface area contributed by atoms with Crippen LogP contribution in [0.4, 0.5) is 0 Å². The standard InChI is InChI=1S/C13H12Cl2N2O/c14-10-5-2-6-11-12(10)13(15)17(16-11)8-3-1-4-9(18)7-8/h1,3-4,7,10,18H,2,5-6H2. The first-order chi connectivity index (χ1) is 8.66. The second-order valence-corrected chi connectivity index (χ2v) is 5.33. The Hall–Kier alpha value is -1.19. The van der Waals surface area contributed by atoms with Gasteiger partial charge in [-0.15, -0.1) is 11.6 Å². The van der Waals surface area contributed by atoms with E-state index in [9.17, 15) is 5.11 Å². The highest BCUT2D eigenvalue weighted by molar-refractivity contribution is 6.32. The summed E-state index contributed by atoms with van der Waals surface area (Å²) < 4.78 is 1.65. The van der Waals surface area contributed by atoms with Gasteiger partial charge in [-0.1, -0.05) is 17.7 Å². The molecule has 1 heterocycles. The van der Waals surface area contributed by atoms with Crippen LogP contribution >= 0.6 is 23.2 Å². The predicted molar refractivity (Wildman–Crippen MR) is 71.8 cm³/mol. The van der Waals surface area contributed by atoms with E-state index in [4.69, 9.17) is 23.2 Å². The number of fused-ring (bicyclic) bond motifs is 1. The van der Waals surface area contributed by atoms with Gasteiger partial charge in [-0.2, -0.15) is 5.10 Å². The van der Waals surface area contributed by atoms with E-state index in [0.717, 1.165) is 36.2 Å². The summed E-state index contributed by atoms with van der Waals surface area (Å²) in [6.45, 7) is 0. The molecule has 3 rings (SSSR count). The zero-order valence-electron chi connectivity index (χ0n) is 9.61. The quantitative estimate of drug-likeness (QED) is 0.807. The van der Waals surface area contributed by atoms with Crippen LogP contribution in [-0.4, -0.2) is 14.9 Å². The van der Waals surface area contributed by atoms with Gasteiger partial charge in [0, 0.05) is 11.6 Å². The van der Waals surface area contributed by atoms with Crippen molar-refractivity contribution in [3.05, 3.63) is 40.7 Å². The zero-order chi connectivity index (χ0) is 12.7. The number of hydrogen-bond acceptors (Lipinski definition) is 2. The molecule has 0 aliphatic heterocycles. The minimum Gasteiger partial charge on any atom is -0.508 e. The van der Waals surface area contributed by atoms with Crippen molar-refractivity contribution in [2.45, 2.75) is 24.6 Å². The molecule has 94 valence electrons. The number of nitrogens with zero attached hydrogens (tertiary/aromatic N) is 2. The highest BCUT2D eigenvalue weighted by Crippen LogP contribution is 2.39. The van der Waals surface area contributed by atoms with Gasteiger partial charge in [-0.25, -0.2) is 4.68 Å². The third kappa shape index (κ3) is 1.88. The van der Waals surface area contributed by atoms with E-state index >= 15 is 0 Å². The molecule has 1 atom stereocenters. The molecular weight excluding hydrogens is 271 g/mol. The number of halogens is 2. The van der Waals surface area contributed by atoms with Crippen molar-refractivity contribution in [2.24, 2.45) is 0 Å². The maximum Gasteiger partial charge on any atom is 0.137 e. The summed E-state index contributed by atoms with van der Waals surface area (Å²) in [6, 6.07) is 6.87. The Labute approximate surface area is 115 Å². The molecule has 18 heavy (non-hydrogen) atoms. The van der Waals surface area contributed by atoms with Gasteiger partial charge in [0.1, 0.15) is 10.9 Å². The largest absolute Gasteiger partial charge is 0.508 e. The molecule has 1 aromatic heterocycles. The molecule has 3 nitrogen and oxygen atoms in total. The fourth-order valence-electron chi connectivity index (χ4n) is 2.34. The van der Waals surface area contributed by atoms with Crippen LogP contribution < -0.4 is 0 Å². The second kappa shape index (κ2) is 4.48. The molecule has 1 aromatic carbocycles. The van der Waals surface area contributed by atoms with E-state index in [0.29, 0.717) is 5.15 Å². The lowest BCUT2D eigenvalue weighted by Gasteiger charge is -2.15. The maximum atomic E-state index is 9.51. The van der Waals surface area contributed by atoms with Gasteiger partial charge in [-0.3, -0.25) is 0 Å². The lowest BCUT2D eigenvalue weighted by Crippen LogP contribution is -2.03. The number of benzene rings is 1. The number of aromatic nitrogens is 2. The lowest BCUT2D eigenvalue weighted by molar-refractivity contribution is 0.475. The molecule has 1 aliphatic carbocycles. The monoisotopic (exact) mass is 282 g/mol. The van der Waals surface area contributed by atoms with Crippen molar-refractivity contribution in [3.8, 4) is 11.4 Å². The molecule has 1 N–H and O–H groups in total. The molecule has 0 saturated heterocycles. The van der Waals surface area contributed by atoms with Crippen molar-refractivity contribution < 1.29 is 5.11 Å². The van der Waals surface area contributed by atoms with E-state index in [2.05, 4.69) is 5.10 Å². The molecule has 1 aliphatic rings. The number of rotatable bonds is 1. The molecule has 5 heteroatoms. The summed E-state index contributed by atoms with van der Waals surface area (Å²) in [4.78, 5) is 0. The number of phenolic OH excluding ortho intramolecular Hbond substituents is 1. The Kier molecular flexibility index (Phi) is 2.96. The van der Waals surface area contributed by atoms with Gasteiger partial charge in [0.2, 0.25) is 0 Å². The van der Waals surface area contributed by atoms with E-state index in [-0.39, 0.29) is 11.1 Å². The number of aromatic hydroxyl groups is 1. The van der Waals surface area contributed by atoms with Gasteiger partial charge >= 0.3 is 0 Å². The van der Waals surface area contributed by atoms with Crippen LogP contribution in [0.25, 0.3) is 5.69 Å². The summed E-state index contributed by atoms with van der Waals surface area (Å²) in [7, 11) is 0. The van der Waals surface area contributed by atoms with Crippen molar-refractivity contribution in [2.75, 3.05) is 0 Å². The van der Waals surface area contributed by atoms with E-state index < -0.39 is 0 Å². The molecule has 0 amide bonds. The normalized spacial score (nSPS) is 18.7.